The molecule has 0 aliphatic carbocycles. The first kappa shape index (κ1) is 39.8. The zero-order valence-electron chi connectivity index (χ0n) is 33.2. The van der Waals surface area contributed by atoms with Crippen molar-refractivity contribution < 1.29 is 23.9 Å². The van der Waals surface area contributed by atoms with Gasteiger partial charge in [0.2, 0.25) is 11.8 Å². The molecule has 4 aromatic rings. The molecule has 0 saturated carbocycles. The summed E-state index contributed by atoms with van der Waals surface area (Å²) >= 11 is 0. The van der Waals surface area contributed by atoms with Crippen molar-refractivity contribution in [2.75, 3.05) is 33.8 Å². The van der Waals surface area contributed by atoms with Crippen LogP contribution in [0, 0.1) is 11.8 Å². The molecule has 1 fully saturated rings. The van der Waals surface area contributed by atoms with Gasteiger partial charge >= 0.3 is 12.1 Å². The average molecular weight is 764 g/mol. The number of carbonyl (C=O) groups excluding carboxylic acids is 4. The van der Waals surface area contributed by atoms with Crippen molar-refractivity contribution in [1.29, 1.82) is 0 Å². The molecule has 2 aromatic carbocycles. The molecule has 14 nitrogen and oxygen atoms in total. The summed E-state index contributed by atoms with van der Waals surface area (Å²) in [6.07, 6.45) is 8.52. The molecular weight excluding hydrogens is 711 g/mol. The molecule has 4 heterocycles. The zero-order valence-corrected chi connectivity index (χ0v) is 33.2. The Hall–Kier alpha value is -5.92. The highest BCUT2D eigenvalue weighted by atomic mass is 16.5. The highest BCUT2D eigenvalue weighted by molar-refractivity contribution is 5.88. The van der Waals surface area contributed by atoms with Crippen LogP contribution in [-0.4, -0.2) is 104 Å². The Bertz CT molecular complexity index is 2030. The second-order valence-corrected chi connectivity index (χ2v) is 15.2. The second kappa shape index (κ2) is 17.3. The molecule has 0 unspecified atom stereocenters. The molecule has 4 atom stereocenters. The maximum atomic E-state index is 13.7. The molecule has 0 spiro atoms. The Morgan fingerprint density at radius 3 is 1.86 bits per heavy atom. The van der Waals surface area contributed by atoms with Crippen molar-refractivity contribution in [2.45, 2.75) is 71.6 Å². The van der Waals surface area contributed by atoms with E-state index < -0.39 is 18.2 Å². The minimum Gasteiger partial charge on any atom is -0.450 e. The fourth-order valence-corrected chi connectivity index (χ4v) is 7.22. The van der Waals surface area contributed by atoms with Crippen LogP contribution < -0.4 is 10.6 Å². The summed E-state index contributed by atoms with van der Waals surface area (Å²) in [4.78, 5) is 73.0. The molecule has 2 aromatic heterocycles. The number of carbonyl (C=O) groups is 4. The number of hydrogen-bond donors (Lipinski definition) is 4. The van der Waals surface area contributed by atoms with E-state index in [4.69, 9.17) is 9.72 Å². The number of aromatic nitrogens is 4. The quantitative estimate of drug-likeness (QED) is 0.123. The average Bonchev–Trinajstić information content (AvgIpc) is 4.02. The maximum absolute atomic E-state index is 13.7. The van der Waals surface area contributed by atoms with Gasteiger partial charge in [-0.2, -0.15) is 0 Å². The van der Waals surface area contributed by atoms with Crippen LogP contribution >= 0.6 is 0 Å². The molecule has 56 heavy (non-hydrogen) atoms. The number of benzene rings is 2. The van der Waals surface area contributed by atoms with E-state index in [9.17, 15) is 19.2 Å². The van der Waals surface area contributed by atoms with Gasteiger partial charge in [0.25, 0.3) is 0 Å². The lowest BCUT2D eigenvalue weighted by Gasteiger charge is -2.31. The number of nitrogens with zero attached hydrogens (tertiary/aromatic N) is 5. The molecule has 4 N–H and O–H groups in total. The Balaban J connectivity index is 1.10. The van der Waals surface area contributed by atoms with Gasteiger partial charge in [-0.05, 0) is 53.9 Å². The number of H-pyrrole nitrogens is 2. The van der Waals surface area contributed by atoms with Crippen molar-refractivity contribution in [2.24, 2.45) is 11.8 Å². The van der Waals surface area contributed by atoms with E-state index in [2.05, 4.69) is 62.0 Å². The first-order chi connectivity index (χ1) is 26.9. The number of ether oxygens (including phenoxy) is 1. The smallest absolute Gasteiger partial charge is 0.407 e. The number of alkyl carbamates (subject to hydrolysis) is 1. The first-order valence-corrected chi connectivity index (χ1v) is 19.4. The number of hydrogen-bond acceptors (Lipinski definition) is 7. The molecular formula is C42H53N9O5. The largest absolute Gasteiger partial charge is 0.450 e. The van der Waals surface area contributed by atoms with Gasteiger partial charge in [0.1, 0.15) is 29.8 Å². The fourth-order valence-electron chi connectivity index (χ4n) is 7.22. The highest BCUT2D eigenvalue weighted by Gasteiger charge is 2.38. The lowest BCUT2D eigenvalue weighted by Crippen LogP contribution is -2.53. The SMILES string of the molecule is CCOC(=O)N[C@H](C(=O)N1CC=C[C@H]1c1ncc(-c2ccc(-c3ccc(-c4cnc([C@@H]5CCCN5C(=O)[C@@H](NC(=O)N(C)C)C(C)C)[nH]4)cc3)cc2)[nH]1)C(C)C. The number of aromatic amines is 2. The summed E-state index contributed by atoms with van der Waals surface area (Å²) in [7, 11) is 3.32. The Morgan fingerprint density at radius 1 is 0.786 bits per heavy atom. The number of imidazole rings is 2. The van der Waals surface area contributed by atoms with E-state index in [-0.39, 0.29) is 48.4 Å². The van der Waals surface area contributed by atoms with Gasteiger partial charge in [-0.3, -0.25) is 9.59 Å². The van der Waals surface area contributed by atoms with E-state index in [0.29, 0.717) is 18.9 Å². The van der Waals surface area contributed by atoms with Gasteiger partial charge in [-0.25, -0.2) is 19.6 Å². The predicted octanol–water partition coefficient (Wildman–Crippen LogP) is 6.30. The number of amides is 5. The van der Waals surface area contributed by atoms with Crippen LogP contribution in [0.1, 0.15) is 71.2 Å². The van der Waals surface area contributed by atoms with E-state index in [0.717, 1.165) is 52.3 Å². The highest BCUT2D eigenvalue weighted by Crippen LogP contribution is 2.34. The Morgan fingerprint density at radius 2 is 1.30 bits per heavy atom. The van der Waals surface area contributed by atoms with Gasteiger partial charge in [-0.1, -0.05) is 88.4 Å². The van der Waals surface area contributed by atoms with Gasteiger partial charge in [-0.15, -0.1) is 0 Å². The zero-order chi connectivity index (χ0) is 40.1. The Kier molecular flexibility index (Phi) is 12.3. The van der Waals surface area contributed by atoms with Crippen molar-refractivity contribution in [1.82, 2.24) is 45.3 Å². The third kappa shape index (κ3) is 8.64. The van der Waals surface area contributed by atoms with Gasteiger partial charge in [0.15, 0.2) is 0 Å². The molecule has 14 heteroatoms. The van der Waals surface area contributed by atoms with Crippen molar-refractivity contribution >= 4 is 23.9 Å². The predicted molar refractivity (Wildman–Crippen MR) is 214 cm³/mol. The van der Waals surface area contributed by atoms with Gasteiger partial charge in [0.05, 0.1) is 36.4 Å². The van der Waals surface area contributed by atoms with Crippen molar-refractivity contribution in [3.05, 3.63) is 84.7 Å². The van der Waals surface area contributed by atoms with Crippen LogP contribution in [-0.2, 0) is 14.3 Å². The van der Waals surface area contributed by atoms with Gasteiger partial charge in [0, 0.05) is 27.2 Å². The van der Waals surface area contributed by atoms with Crippen LogP contribution in [0.4, 0.5) is 9.59 Å². The van der Waals surface area contributed by atoms with Crippen LogP contribution in [0.15, 0.2) is 73.1 Å². The fraction of sp³-hybridized carbons (Fsp3) is 0.429. The molecule has 2 aliphatic heterocycles. The minimum absolute atomic E-state index is 0.0650. The standard InChI is InChI=1S/C42H53N9O5/c1-8-56-42(55)48-36(26(4)5)40(53)51-22-10-12-34(51)38-44-24-32(46-38)30-19-15-28(16-20-30)27-13-17-29(18-14-27)31-23-43-37(45-31)33-11-9-21-50(33)39(52)35(25(2)3)47-41(54)49(6)7/h10,12-20,23-26,33-36H,8-9,11,21-22H2,1-7H3,(H,43,45)(H,44,46)(H,47,54)(H,48,55)/t33-,34-,35-,36-/m0/s1. The number of nitrogens with one attached hydrogen (secondary N) is 4. The monoisotopic (exact) mass is 763 g/mol. The molecule has 5 amide bonds. The molecule has 2 aliphatic rings. The number of likely N-dealkylation sites (tertiary alicyclic amines) is 1. The topological polar surface area (TPSA) is 169 Å². The molecule has 0 radical (unpaired) electrons. The van der Waals surface area contributed by atoms with Crippen LogP contribution in [0.3, 0.4) is 0 Å². The molecule has 0 bridgehead atoms. The molecule has 1 saturated heterocycles. The summed E-state index contributed by atoms with van der Waals surface area (Å²) in [5.74, 6) is 0.898. The second-order valence-electron chi connectivity index (χ2n) is 15.2. The van der Waals surface area contributed by atoms with Crippen LogP contribution in [0.5, 0.6) is 0 Å². The lowest BCUT2D eigenvalue weighted by atomic mass is 10.0. The van der Waals surface area contributed by atoms with Crippen LogP contribution in [0.2, 0.25) is 0 Å². The third-order valence-corrected chi connectivity index (χ3v) is 10.4. The summed E-state index contributed by atoms with van der Waals surface area (Å²) in [6.45, 7) is 10.6. The first-order valence-electron chi connectivity index (χ1n) is 19.4. The normalized spacial score (nSPS) is 17.7. The van der Waals surface area contributed by atoms with Gasteiger partial charge < -0.3 is 40.0 Å². The summed E-state index contributed by atoms with van der Waals surface area (Å²) in [5.41, 5.74) is 5.74. The maximum Gasteiger partial charge on any atom is 0.407 e. The summed E-state index contributed by atoms with van der Waals surface area (Å²) < 4.78 is 5.03. The van der Waals surface area contributed by atoms with Crippen LogP contribution in [0.25, 0.3) is 33.6 Å². The summed E-state index contributed by atoms with van der Waals surface area (Å²) in [5, 5.41) is 5.61. The lowest BCUT2D eigenvalue weighted by molar-refractivity contribution is -0.136. The molecule has 6 rings (SSSR count). The van der Waals surface area contributed by atoms with E-state index >= 15 is 0 Å². The third-order valence-electron chi connectivity index (χ3n) is 10.4. The van der Waals surface area contributed by atoms with Crippen molar-refractivity contribution in [3.8, 4) is 33.6 Å². The molecule has 296 valence electrons. The van der Waals surface area contributed by atoms with E-state index in [1.165, 1.54) is 4.90 Å². The minimum atomic E-state index is -0.724. The van der Waals surface area contributed by atoms with E-state index in [1.54, 1.807) is 32.1 Å². The van der Waals surface area contributed by atoms with Crippen molar-refractivity contribution in [3.63, 3.8) is 0 Å². The van der Waals surface area contributed by atoms with E-state index in [1.807, 2.05) is 63.1 Å². The number of rotatable bonds is 12. The number of urea groups is 1. The summed E-state index contributed by atoms with van der Waals surface area (Å²) in [6, 6.07) is 14.3. The Labute approximate surface area is 328 Å².